The van der Waals surface area contributed by atoms with E-state index in [2.05, 4.69) is 18.7 Å². The highest BCUT2D eigenvalue weighted by atomic mass is 16.2. The number of anilines is 1. The molecule has 1 fully saturated rings. The minimum atomic E-state index is -0.593. The summed E-state index contributed by atoms with van der Waals surface area (Å²) in [6.45, 7) is 6.38. The highest BCUT2D eigenvalue weighted by Crippen LogP contribution is 2.25. The molecule has 2 aromatic rings. The molecule has 0 amide bonds. The first-order valence-electron chi connectivity index (χ1n) is 10.8. The smallest absolute Gasteiger partial charge is 0.332 e. The van der Waals surface area contributed by atoms with Gasteiger partial charge in [-0.25, -0.2) is 4.79 Å². The Hall–Kier alpha value is -2.67. The van der Waals surface area contributed by atoms with E-state index in [0.717, 1.165) is 35.8 Å². The lowest BCUT2D eigenvalue weighted by Gasteiger charge is -2.32. The van der Waals surface area contributed by atoms with Crippen LogP contribution in [0.2, 0.25) is 0 Å². The zero-order chi connectivity index (χ0) is 21.8. The Morgan fingerprint density at radius 2 is 1.77 bits per heavy atom. The largest absolute Gasteiger partial charge is 0.384 e. The third-order valence-corrected chi connectivity index (χ3v) is 6.03. The minimum Gasteiger partial charge on any atom is -0.384 e. The van der Waals surface area contributed by atoms with Gasteiger partial charge in [-0.05, 0) is 39.2 Å². The highest BCUT2D eigenvalue weighted by Gasteiger charge is 2.29. The van der Waals surface area contributed by atoms with Crippen LogP contribution in [0.4, 0.5) is 5.82 Å². The number of nitrogens with zero attached hydrogens (tertiary/aromatic N) is 3. The van der Waals surface area contributed by atoms with Crippen LogP contribution < -0.4 is 17.0 Å². The third-order valence-electron chi connectivity index (χ3n) is 6.03. The van der Waals surface area contributed by atoms with Crippen molar-refractivity contribution in [1.29, 1.82) is 0 Å². The van der Waals surface area contributed by atoms with Gasteiger partial charge in [0.2, 0.25) is 0 Å². The maximum atomic E-state index is 13.3. The molecule has 1 aromatic carbocycles. The molecule has 7 nitrogen and oxygen atoms in total. The number of carbonyl (C=O) groups excluding carboxylic acids is 1. The van der Waals surface area contributed by atoms with Gasteiger partial charge in [0.05, 0.1) is 13.1 Å². The molecule has 0 saturated heterocycles. The lowest BCUT2D eigenvalue weighted by Crippen LogP contribution is -2.47. The summed E-state index contributed by atoms with van der Waals surface area (Å²) < 4.78 is 2.44. The summed E-state index contributed by atoms with van der Waals surface area (Å²) in [5.74, 6) is -0.360. The zero-order valence-corrected chi connectivity index (χ0v) is 18.1. The number of hydrogen-bond donors (Lipinski definition) is 1. The molecular formula is C23H32N4O3. The number of nitrogens with two attached hydrogens (primary N) is 1. The Bertz CT molecular complexity index is 1000. The number of nitrogen functional groups attached to an aromatic ring is 1. The molecule has 1 saturated carbocycles. The summed E-state index contributed by atoms with van der Waals surface area (Å²) in [4.78, 5) is 41.3. The number of carbonyl (C=O) groups is 1. The summed E-state index contributed by atoms with van der Waals surface area (Å²) >= 11 is 0. The SMILES string of the molecule is CCn1c(=O)c(C(=O)CN(C(C)C)C2CCCC2)c(N)n(Cc2ccccc2)c1=O. The standard InChI is InChI=1S/C23H32N4O3/c1-4-25-22(29)20(19(28)15-26(16(2)3)18-12-8-9-13-18)21(24)27(23(25)30)14-17-10-6-5-7-11-17/h5-7,10-11,16,18H,4,8-9,12-15,24H2,1-3H3. The second-order valence-corrected chi connectivity index (χ2v) is 8.29. The minimum absolute atomic E-state index is 0.0429. The molecule has 2 N–H and O–H groups in total. The van der Waals surface area contributed by atoms with Crippen LogP contribution in [0.25, 0.3) is 0 Å². The van der Waals surface area contributed by atoms with Crippen LogP contribution in [-0.2, 0) is 13.1 Å². The quantitative estimate of drug-likeness (QED) is 0.673. The van der Waals surface area contributed by atoms with Crippen molar-refractivity contribution in [1.82, 2.24) is 14.0 Å². The normalized spacial score (nSPS) is 14.7. The number of Topliss-reactive ketones (excluding diaryl/α,β-unsaturated/α-hetero) is 1. The Labute approximate surface area is 177 Å². The van der Waals surface area contributed by atoms with Crippen LogP contribution >= 0.6 is 0 Å². The monoisotopic (exact) mass is 412 g/mol. The molecule has 1 aliphatic carbocycles. The van der Waals surface area contributed by atoms with Gasteiger partial charge in [0, 0.05) is 18.6 Å². The van der Waals surface area contributed by atoms with E-state index in [0.29, 0.717) is 6.04 Å². The van der Waals surface area contributed by atoms with Crippen molar-refractivity contribution in [2.24, 2.45) is 0 Å². The predicted octanol–water partition coefficient (Wildman–Crippen LogP) is 2.50. The van der Waals surface area contributed by atoms with Gasteiger partial charge in [-0.15, -0.1) is 0 Å². The van der Waals surface area contributed by atoms with E-state index in [1.807, 2.05) is 30.3 Å². The molecular weight excluding hydrogens is 380 g/mol. The Morgan fingerprint density at radius 3 is 2.33 bits per heavy atom. The molecule has 0 spiro atoms. The van der Waals surface area contributed by atoms with Crippen LogP contribution in [0.1, 0.15) is 62.4 Å². The van der Waals surface area contributed by atoms with Crippen molar-refractivity contribution in [3.8, 4) is 0 Å². The summed E-state index contributed by atoms with van der Waals surface area (Å²) in [5.41, 5.74) is 5.99. The molecule has 1 heterocycles. The van der Waals surface area contributed by atoms with E-state index in [9.17, 15) is 14.4 Å². The van der Waals surface area contributed by atoms with Gasteiger partial charge in [-0.2, -0.15) is 0 Å². The Balaban J connectivity index is 2.02. The first kappa shape index (κ1) is 22.0. The van der Waals surface area contributed by atoms with E-state index in [4.69, 9.17) is 5.73 Å². The van der Waals surface area contributed by atoms with Gasteiger partial charge in [-0.1, -0.05) is 43.2 Å². The van der Waals surface area contributed by atoms with Crippen LogP contribution in [0.15, 0.2) is 39.9 Å². The third kappa shape index (κ3) is 4.41. The molecule has 0 bridgehead atoms. The molecule has 7 heteroatoms. The fourth-order valence-corrected chi connectivity index (χ4v) is 4.39. The van der Waals surface area contributed by atoms with E-state index < -0.39 is 11.2 Å². The lowest BCUT2D eigenvalue weighted by atomic mass is 10.1. The first-order chi connectivity index (χ1) is 14.3. The van der Waals surface area contributed by atoms with Crippen molar-refractivity contribution >= 4 is 11.6 Å². The molecule has 30 heavy (non-hydrogen) atoms. The number of rotatable bonds is 8. The van der Waals surface area contributed by atoms with Crippen molar-refractivity contribution in [2.45, 2.75) is 71.6 Å². The lowest BCUT2D eigenvalue weighted by molar-refractivity contribution is 0.0842. The van der Waals surface area contributed by atoms with Crippen molar-refractivity contribution < 1.29 is 4.79 Å². The molecule has 0 aliphatic heterocycles. The van der Waals surface area contributed by atoms with Gasteiger partial charge in [0.25, 0.3) is 5.56 Å². The van der Waals surface area contributed by atoms with Crippen LogP contribution in [0, 0.1) is 0 Å². The van der Waals surface area contributed by atoms with Crippen LogP contribution in [0.5, 0.6) is 0 Å². The maximum Gasteiger partial charge on any atom is 0.332 e. The predicted molar refractivity (Wildman–Crippen MR) is 119 cm³/mol. The second-order valence-electron chi connectivity index (χ2n) is 8.29. The highest BCUT2D eigenvalue weighted by molar-refractivity contribution is 6.01. The number of hydrogen-bond acceptors (Lipinski definition) is 5. The maximum absolute atomic E-state index is 13.3. The average molecular weight is 413 g/mol. The van der Waals surface area contributed by atoms with Gasteiger partial charge in [-0.3, -0.25) is 23.6 Å². The molecule has 0 atom stereocenters. The fraction of sp³-hybridized carbons (Fsp3) is 0.522. The zero-order valence-electron chi connectivity index (χ0n) is 18.1. The van der Waals surface area contributed by atoms with Gasteiger partial charge >= 0.3 is 5.69 Å². The number of aromatic nitrogens is 2. The van der Waals surface area contributed by atoms with Gasteiger partial charge < -0.3 is 5.73 Å². The Kier molecular flexibility index (Phi) is 6.92. The van der Waals surface area contributed by atoms with Crippen molar-refractivity contribution in [2.75, 3.05) is 12.3 Å². The fourth-order valence-electron chi connectivity index (χ4n) is 4.39. The van der Waals surface area contributed by atoms with Crippen molar-refractivity contribution in [3.05, 3.63) is 62.3 Å². The second kappa shape index (κ2) is 9.43. The molecule has 0 unspecified atom stereocenters. The number of ketones is 1. The molecule has 0 radical (unpaired) electrons. The molecule has 162 valence electrons. The molecule has 3 rings (SSSR count). The summed E-state index contributed by atoms with van der Waals surface area (Å²) in [7, 11) is 0. The number of benzene rings is 1. The topological polar surface area (TPSA) is 90.3 Å². The average Bonchev–Trinajstić information content (AvgIpc) is 3.24. The van der Waals surface area contributed by atoms with E-state index in [1.54, 1.807) is 6.92 Å². The van der Waals surface area contributed by atoms with E-state index in [1.165, 1.54) is 4.57 Å². The first-order valence-corrected chi connectivity index (χ1v) is 10.8. The van der Waals surface area contributed by atoms with Gasteiger partial charge in [0.1, 0.15) is 11.4 Å². The van der Waals surface area contributed by atoms with E-state index >= 15 is 0 Å². The van der Waals surface area contributed by atoms with Crippen LogP contribution in [0.3, 0.4) is 0 Å². The van der Waals surface area contributed by atoms with Gasteiger partial charge in [0.15, 0.2) is 5.78 Å². The summed E-state index contributed by atoms with van der Waals surface area (Å²) in [5, 5.41) is 0. The van der Waals surface area contributed by atoms with E-state index in [-0.39, 0.29) is 42.8 Å². The Morgan fingerprint density at radius 1 is 1.13 bits per heavy atom. The molecule has 1 aliphatic rings. The van der Waals surface area contributed by atoms with Crippen LogP contribution in [-0.4, -0.2) is 38.4 Å². The van der Waals surface area contributed by atoms with Crippen molar-refractivity contribution in [3.63, 3.8) is 0 Å². The molecule has 1 aromatic heterocycles. The summed E-state index contributed by atoms with van der Waals surface area (Å²) in [6.07, 6.45) is 4.45. The summed E-state index contributed by atoms with van der Waals surface area (Å²) in [6, 6.07) is 9.94.